The molecular weight excluding hydrogens is 290 g/mol. The van der Waals surface area contributed by atoms with Gasteiger partial charge in [-0.25, -0.2) is 0 Å². The Labute approximate surface area is 136 Å². The van der Waals surface area contributed by atoms with E-state index in [-0.39, 0.29) is 24.2 Å². The Kier molecular flexibility index (Phi) is 5.92. The third-order valence-corrected chi connectivity index (χ3v) is 3.68. The van der Waals surface area contributed by atoms with Gasteiger partial charge in [0.25, 0.3) is 5.91 Å². The van der Waals surface area contributed by atoms with Crippen molar-refractivity contribution >= 4 is 11.7 Å². The normalized spacial score (nSPS) is 11.6. The van der Waals surface area contributed by atoms with E-state index in [1.54, 1.807) is 31.4 Å². The van der Waals surface area contributed by atoms with Gasteiger partial charge in [-0.3, -0.25) is 9.59 Å². The van der Waals surface area contributed by atoms with Crippen molar-refractivity contribution in [1.82, 2.24) is 5.32 Å². The molecule has 0 fully saturated rings. The molecule has 0 aliphatic rings. The van der Waals surface area contributed by atoms with E-state index in [0.29, 0.717) is 17.7 Å². The van der Waals surface area contributed by atoms with E-state index in [0.717, 1.165) is 5.56 Å². The zero-order valence-corrected chi connectivity index (χ0v) is 13.4. The summed E-state index contributed by atoms with van der Waals surface area (Å²) in [5.74, 6) is 0.487. The Morgan fingerprint density at radius 3 is 2.52 bits per heavy atom. The molecule has 0 heterocycles. The summed E-state index contributed by atoms with van der Waals surface area (Å²) >= 11 is 0. The summed E-state index contributed by atoms with van der Waals surface area (Å²) in [7, 11) is 1.55. The van der Waals surface area contributed by atoms with Crippen LogP contribution in [0.15, 0.2) is 54.6 Å². The summed E-state index contributed by atoms with van der Waals surface area (Å²) in [5.41, 5.74) is 1.60. The average molecular weight is 311 g/mol. The van der Waals surface area contributed by atoms with Gasteiger partial charge in [0.05, 0.1) is 13.7 Å². The first-order chi connectivity index (χ1) is 11.1. The number of nitrogens with one attached hydrogen (secondary N) is 1. The predicted molar refractivity (Wildman–Crippen MR) is 89.8 cm³/mol. The van der Waals surface area contributed by atoms with Gasteiger partial charge in [0.2, 0.25) is 0 Å². The monoisotopic (exact) mass is 311 g/mol. The number of ether oxygens (including phenoxy) is 1. The van der Waals surface area contributed by atoms with Crippen LogP contribution in [0.5, 0.6) is 5.75 Å². The van der Waals surface area contributed by atoms with E-state index < -0.39 is 0 Å². The highest BCUT2D eigenvalue weighted by Gasteiger charge is 2.13. The molecule has 0 bridgehead atoms. The number of rotatable bonds is 7. The quantitative estimate of drug-likeness (QED) is 0.854. The molecule has 4 nitrogen and oxygen atoms in total. The Morgan fingerprint density at radius 2 is 1.83 bits per heavy atom. The van der Waals surface area contributed by atoms with Crippen molar-refractivity contribution in [2.45, 2.75) is 19.3 Å². The molecule has 1 amide bonds. The fraction of sp³-hybridized carbons (Fsp3) is 0.263. The van der Waals surface area contributed by atoms with Gasteiger partial charge in [-0.15, -0.1) is 0 Å². The number of amides is 1. The first-order valence-electron chi connectivity index (χ1n) is 7.59. The van der Waals surface area contributed by atoms with Gasteiger partial charge in [0, 0.05) is 12.0 Å². The van der Waals surface area contributed by atoms with Crippen LogP contribution in [-0.2, 0) is 4.79 Å². The predicted octanol–water partition coefficient (Wildman–Crippen LogP) is 3.19. The van der Waals surface area contributed by atoms with E-state index in [4.69, 9.17) is 4.74 Å². The lowest BCUT2D eigenvalue weighted by atomic mass is 9.96. The number of carbonyl (C=O) groups is 2. The molecule has 0 saturated heterocycles. The van der Waals surface area contributed by atoms with Crippen LogP contribution >= 0.6 is 0 Å². The van der Waals surface area contributed by atoms with Crippen molar-refractivity contribution in [3.05, 3.63) is 65.7 Å². The van der Waals surface area contributed by atoms with Crippen molar-refractivity contribution in [2.24, 2.45) is 0 Å². The molecule has 23 heavy (non-hydrogen) atoms. The number of benzene rings is 2. The van der Waals surface area contributed by atoms with Gasteiger partial charge in [0.1, 0.15) is 5.75 Å². The molecule has 0 aromatic heterocycles. The van der Waals surface area contributed by atoms with Gasteiger partial charge in [0.15, 0.2) is 5.78 Å². The van der Waals surface area contributed by atoms with Gasteiger partial charge in [-0.2, -0.15) is 0 Å². The molecule has 0 radical (unpaired) electrons. The summed E-state index contributed by atoms with van der Waals surface area (Å²) in [4.78, 5) is 24.1. The van der Waals surface area contributed by atoms with Crippen LogP contribution in [0.1, 0.15) is 35.2 Å². The lowest BCUT2D eigenvalue weighted by Crippen LogP contribution is -2.30. The molecule has 2 aromatic rings. The minimum atomic E-state index is -0.274. The summed E-state index contributed by atoms with van der Waals surface area (Å²) in [6.07, 6.45) is 0.405. The van der Waals surface area contributed by atoms with Gasteiger partial charge in [-0.1, -0.05) is 43.3 Å². The fourth-order valence-electron chi connectivity index (χ4n) is 2.36. The fourth-order valence-corrected chi connectivity index (χ4v) is 2.36. The third kappa shape index (κ3) is 4.95. The van der Waals surface area contributed by atoms with Crippen molar-refractivity contribution < 1.29 is 14.3 Å². The Balaban J connectivity index is 1.85. The first-order valence-corrected chi connectivity index (χ1v) is 7.59. The van der Waals surface area contributed by atoms with Crippen molar-refractivity contribution in [1.29, 1.82) is 0 Å². The molecule has 2 rings (SSSR count). The Hall–Kier alpha value is -2.62. The number of hydrogen-bond acceptors (Lipinski definition) is 3. The maximum absolute atomic E-state index is 12.1. The van der Waals surface area contributed by atoms with Crippen LogP contribution in [0.4, 0.5) is 0 Å². The standard InChI is InChI=1S/C19H21NO3/c1-14(15-7-4-3-5-8-15)11-17(21)13-20-19(22)16-9-6-10-18(12-16)23-2/h3-10,12,14H,11,13H2,1-2H3,(H,20,22)/t14-/m1/s1. The lowest BCUT2D eigenvalue weighted by molar-refractivity contribution is -0.118. The molecule has 4 heteroatoms. The van der Waals surface area contributed by atoms with Gasteiger partial charge < -0.3 is 10.1 Å². The van der Waals surface area contributed by atoms with Crippen LogP contribution in [0.3, 0.4) is 0 Å². The van der Waals surface area contributed by atoms with Crippen molar-refractivity contribution in [2.75, 3.05) is 13.7 Å². The molecule has 2 aromatic carbocycles. The molecule has 120 valence electrons. The first kappa shape index (κ1) is 16.7. The molecule has 0 unspecified atom stereocenters. The molecule has 1 N–H and O–H groups in total. The van der Waals surface area contributed by atoms with Crippen LogP contribution < -0.4 is 10.1 Å². The highest BCUT2D eigenvalue weighted by Crippen LogP contribution is 2.18. The minimum absolute atomic E-state index is 0.0117. The molecule has 0 aliphatic heterocycles. The molecule has 0 saturated carbocycles. The minimum Gasteiger partial charge on any atom is -0.497 e. The van der Waals surface area contributed by atoms with Crippen LogP contribution in [0.2, 0.25) is 0 Å². The van der Waals surface area contributed by atoms with Crippen LogP contribution in [-0.4, -0.2) is 25.3 Å². The molecule has 0 aliphatic carbocycles. The molecular formula is C19H21NO3. The smallest absolute Gasteiger partial charge is 0.251 e. The molecule has 0 spiro atoms. The summed E-state index contributed by atoms with van der Waals surface area (Å²) < 4.78 is 5.09. The Morgan fingerprint density at radius 1 is 1.09 bits per heavy atom. The summed E-state index contributed by atoms with van der Waals surface area (Å²) in [6.45, 7) is 2.05. The van der Waals surface area contributed by atoms with E-state index in [9.17, 15) is 9.59 Å². The van der Waals surface area contributed by atoms with Crippen molar-refractivity contribution in [3.8, 4) is 5.75 Å². The number of methoxy groups -OCH3 is 1. The second-order valence-electron chi connectivity index (χ2n) is 5.47. The average Bonchev–Trinajstić information content (AvgIpc) is 2.60. The highest BCUT2D eigenvalue weighted by atomic mass is 16.5. The maximum atomic E-state index is 12.1. The van der Waals surface area contributed by atoms with E-state index in [1.165, 1.54) is 0 Å². The van der Waals surface area contributed by atoms with Crippen LogP contribution in [0.25, 0.3) is 0 Å². The van der Waals surface area contributed by atoms with E-state index >= 15 is 0 Å². The Bertz CT molecular complexity index is 667. The number of carbonyl (C=O) groups excluding carboxylic acids is 2. The van der Waals surface area contributed by atoms with E-state index in [1.807, 2.05) is 37.3 Å². The third-order valence-electron chi connectivity index (χ3n) is 3.68. The number of hydrogen-bond donors (Lipinski definition) is 1. The second kappa shape index (κ2) is 8.13. The second-order valence-corrected chi connectivity index (χ2v) is 5.47. The number of ketones is 1. The molecule has 1 atom stereocenters. The summed E-state index contributed by atoms with van der Waals surface area (Å²) in [5, 5.41) is 2.66. The van der Waals surface area contributed by atoms with Crippen LogP contribution in [0, 0.1) is 0 Å². The maximum Gasteiger partial charge on any atom is 0.251 e. The zero-order chi connectivity index (χ0) is 16.7. The van der Waals surface area contributed by atoms with Gasteiger partial charge >= 0.3 is 0 Å². The van der Waals surface area contributed by atoms with Crippen molar-refractivity contribution in [3.63, 3.8) is 0 Å². The van der Waals surface area contributed by atoms with E-state index in [2.05, 4.69) is 5.32 Å². The number of Topliss-reactive ketones (excluding diaryl/α,β-unsaturated/α-hetero) is 1. The summed E-state index contributed by atoms with van der Waals surface area (Å²) in [6, 6.07) is 16.7. The van der Waals surface area contributed by atoms with Gasteiger partial charge in [-0.05, 0) is 29.7 Å². The zero-order valence-electron chi connectivity index (χ0n) is 13.4. The lowest BCUT2D eigenvalue weighted by Gasteiger charge is -2.11. The largest absolute Gasteiger partial charge is 0.497 e. The highest BCUT2D eigenvalue weighted by molar-refractivity contribution is 5.97. The topological polar surface area (TPSA) is 55.4 Å². The SMILES string of the molecule is COc1cccc(C(=O)NCC(=O)C[C@@H](C)c2ccccc2)c1.